The smallest absolute Gasteiger partial charge is 0.255 e. The standard InChI is InChI=1S/C23H28BrN3O2/c1-15(2)25-23(29)20-14-19(26-22(28)17-4-6-18(24)7-5-17)8-9-21(20)27-12-10-16(3)11-13-27/h4-9,14-16H,10-13H2,1-3H3,(H,25,29)(H,26,28). The zero-order chi connectivity index (χ0) is 21.0. The van der Waals surface area contributed by atoms with Crippen LogP contribution in [-0.4, -0.2) is 30.9 Å². The highest BCUT2D eigenvalue weighted by molar-refractivity contribution is 9.10. The van der Waals surface area contributed by atoms with Gasteiger partial charge in [0.1, 0.15) is 0 Å². The van der Waals surface area contributed by atoms with Gasteiger partial charge >= 0.3 is 0 Å². The van der Waals surface area contributed by atoms with Crippen LogP contribution in [0.25, 0.3) is 0 Å². The van der Waals surface area contributed by atoms with Crippen LogP contribution < -0.4 is 15.5 Å². The number of rotatable bonds is 5. The Labute approximate surface area is 181 Å². The fourth-order valence-electron chi connectivity index (χ4n) is 3.47. The van der Waals surface area contributed by atoms with Crippen LogP contribution in [0.3, 0.4) is 0 Å². The van der Waals surface area contributed by atoms with E-state index in [1.165, 1.54) is 0 Å². The van der Waals surface area contributed by atoms with Crippen molar-refractivity contribution in [3.05, 3.63) is 58.1 Å². The minimum Gasteiger partial charge on any atom is -0.371 e. The number of nitrogens with one attached hydrogen (secondary N) is 2. The SMILES string of the molecule is CC1CCN(c2ccc(NC(=O)c3ccc(Br)cc3)cc2C(=O)NC(C)C)CC1. The summed E-state index contributed by atoms with van der Waals surface area (Å²) in [5, 5.41) is 5.89. The molecule has 1 saturated heterocycles. The fraction of sp³-hybridized carbons (Fsp3) is 0.391. The Hall–Kier alpha value is -2.34. The number of anilines is 2. The lowest BCUT2D eigenvalue weighted by molar-refractivity contribution is 0.0942. The van der Waals surface area contributed by atoms with E-state index in [4.69, 9.17) is 0 Å². The van der Waals surface area contributed by atoms with E-state index in [9.17, 15) is 9.59 Å². The largest absolute Gasteiger partial charge is 0.371 e. The van der Waals surface area contributed by atoms with Crippen LogP contribution in [0.2, 0.25) is 0 Å². The quantitative estimate of drug-likeness (QED) is 0.657. The van der Waals surface area contributed by atoms with E-state index >= 15 is 0 Å². The molecule has 3 rings (SSSR count). The Morgan fingerprint density at radius 1 is 1.03 bits per heavy atom. The second-order valence-electron chi connectivity index (χ2n) is 7.99. The van der Waals surface area contributed by atoms with Crippen molar-refractivity contribution >= 4 is 39.1 Å². The molecule has 0 spiro atoms. The fourth-order valence-corrected chi connectivity index (χ4v) is 3.73. The second kappa shape index (κ2) is 9.44. The monoisotopic (exact) mass is 457 g/mol. The molecule has 154 valence electrons. The third-order valence-corrected chi connectivity index (χ3v) is 5.68. The first kappa shape index (κ1) is 21.4. The third-order valence-electron chi connectivity index (χ3n) is 5.15. The van der Waals surface area contributed by atoms with Gasteiger partial charge < -0.3 is 15.5 Å². The van der Waals surface area contributed by atoms with Gasteiger partial charge in [0.15, 0.2) is 0 Å². The van der Waals surface area contributed by atoms with Crippen molar-refractivity contribution in [2.45, 2.75) is 39.7 Å². The molecular formula is C23H28BrN3O2. The van der Waals surface area contributed by atoms with Crippen LogP contribution in [0.1, 0.15) is 54.3 Å². The highest BCUT2D eigenvalue weighted by Crippen LogP contribution is 2.29. The Morgan fingerprint density at radius 2 is 1.69 bits per heavy atom. The van der Waals surface area contributed by atoms with Crippen LogP contribution in [0.5, 0.6) is 0 Å². The summed E-state index contributed by atoms with van der Waals surface area (Å²) in [5.74, 6) is 0.393. The first-order valence-electron chi connectivity index (χ1n) is 10.1. The highest BCUT2D eigenvalue weighted by Gasteiger charge is 2.22. The van der Waals surface area contributed by atoms with Gasteiger partial charge in [-0.25, -0.2) is 0 Å². The summed E-state index contributed by atoms with van der Waals surface area (Å²) in [4.78, 5) is 27.7. The maximum atomic E-state index is 12.9. The van der Waals surface area contributed by atoms with Gasteiger partial charge in [-0.3, -0.25) is 9.59 Å². The molecule has 1 fully saturated rings. The lowest BCUT2D eigenvalue weighted by atomic mass is 9.97. The number of piperidine rings is 1. The number of carbonyl (C=O) groups excluding carboxylic acids is 2. The number of hydrogen-bond donors (Lipinski definition) is 2. The molecule has 0 aliphatic carbocycles. The molecule has 2 aromatic rings. The van der Waals surface area contributed by atoms with Gasteiger partial charge in [-0.05, 0) is 75.1 Å². The van der Waals surface area contributed by atoms with Crippen LogP contribution in [0.4, 0.5) is 11.4 Å². The minimum atomic E-state index is -0.202. The molecule has 0 aromatic heterocycles. The first-order chi connectivity index (χ1) is 13.8. The molecule has 1 heterocycles. The van der Waals surface area contributed by atoms with Gasteiger partial charge in [-0.1, -0.05) is 22.9 Å². The molecule has 29 heavy (non-hydrogen) atoms. The summed E-state index contributed by atoms with van der Waals surface area (Å²) in [6.45, 7) is 8.03. The molecule has 0 unspecified atom stereocenters. The summed E-state index contributed by atoms with van der Waals surface area (Å²) in [6.07, 6.45) is 2.24. The predicted octanol–water partition coefficient (Wildman–Crippen LogP) is 5.08. The van der Waals surface area contributed by atoms with Crippen molar-refractivity contribution in [1.29, 1.82) is 0 Å². The Balaban J connectivity index is 1.86. The molecule has 2 N–H and O–H groups in total. The third kappa shape index (κ3) is 5.60. The Kier molecular flexibility index (Phi) is 6.96. The van der Waals surface area contributed by atoms with Gasteiger partial charge in [-0.15, -0.1) is 0 Å². The molecule has 0 radical (unpaired) electrons. The average Bonchev–Trinajstić information content (AvgIpc) is 2.68. The van der Waals surface area contributed by atoms with E-state index in [2.05, 4.69) is 38.4 Å². The van der Waals surface area contributed by atoms with Crippen molar-refractivity contribution < 1.29 is 9.59 Å². The van der Waals surface area contributed by atoms with Gasteiger partial charge in [0.05, 0.1) is 5.56 Å². The maximum absolute atomic E-state index is 12.9. The van der Waals surface area contributed by atoms with E-state index in [0.717, 1.165) is 36.1 Å². The summed E-state index contributed by atoms with van der Waals surface area (Å²) in [6, 6.07) is 12.8. The molecule has 0 bridgehead atoms. The highest BCUT2D eigenvalue weighted by atomic mass is 79.9. The average molecular weight is 458 g/mol. The Morgan fingerprint density at radius 3 is 2.31 bits per heavy atom. The van der Waals surface area contributed by atoms with Gasteiger partial charge in [0.2, 0.25) is 0 Å². The van der Waals surface area contributed by atoms with Crippen molar-refractivity contribution in [2.75, 3.05) is 23.3 Å². The summed E-state index contributed by atoms with van der Waals surface area (Å²) >= 11 is 3.37. The van der Waals surface area contributed by atoms with Crippen molar-refractivity contribution in [3.63, 3.8) is 0 Å². The molecule has 2 aromatic carbocycles. The molecular weight excluding hydrogens is 430 g/mol. The number of carbonyl (C=O) groups is 2. The topological polar surface area (TPSA) is 61.4 Å². The molecule has 2 amide bonds. The van der Waals surface area contributed by atoms with E-state index in [0.29, 0.717) is 22.7 Å². The van der Waals surface area contributed by atoms with Crippen LogP contribution >= 0.6 is 15.9 Å². The van der Waals surface area contributed by atoms with Crippen molar-refractivity contribution in [1.82, 2.24) is 5.32 Å². The van der Waals surface area contributed by atoms with Crippen LogP contribution in [0, 0.1) is 5.92 Å². The minimum absolute atomic E-state index is 0.0396. The number of benzene rings is 2. The van der Waals surface area contributed by atoms with E-state index in [-0.39, 0.29) is 17.9 Å². The Bertz CT molecular complexity index is 872. The van der Waals surface area contributed by atoms with E-state index < -0.39 is 0 Å². The molecule has 5 nitrogen and oxygen atoms in total. The molecule has 0 saturated carbocycles. The van der Waals surface area contributed by atoms with Gasteiger partial charge in [-0.2, -0.15) is 0 Å². The number of nitrogens with zero attached hydrogens (tertiary/aromatic N) is 1. The van der Waals surface area contributed by atoms with E-state index in [1.54, 1.807) is 18.2 Å². The molecule has 0 atom stereocenters. The van der Waals surface area contributed by atoms with Crippen LogP contribution in [-0.2, 0) is 0 Å². The second-order valence-corrected chi connectivity index (χ2v) is 8.91. The molecule has 1 aliphatic heterocycles. The lowest BCUT2D eigenvalue weighted by Gasteiger charge is -2.33. The number of amides is 2. The molecule has 1 aliphatic rings. The summed E-state index contributed by atoms with van der Waals surface area (Å²) < 4.78 is 0.918. The normalized spacial score (nSPS) is 14.7. The van der Waals surface area contributed by atoms with Gasteiger partial charge in [0.25, 0.3) is 11.8 Å². The zero-order valence-corrected chi connectivity index (χ0v) is 18.8. The van der Waals surface area contributed by atoms with E-state index in [1.807, 2.05) is 38.1 Å². The lowest BCUT2D eigenvalue weighted by Crippen LogP contribution is -2.36. The maximum Gasteiger partial charge on any atom is 0.255 e. The number of halogens is 1. The van der Waals surface area contributed by atoms with Crippen molar-refractivity contribution in [2.24, 2.45) is 5.92 Å². The molecule has 6 heteroatoms. The first-order valence-corrected chi connectivity index (χ1v) is 10.9. The zero-order valence-electron chi connectivity index (χ0n) is 17.2. The summed E-state index contributed by atoms with van der Waals surface area (Å²) in [7, 11) is 0. The van der Waals surface area contributed by atoms with Crippen molar-refractivity contribution in [3.8, 4) is 0 Å². The number of hydrogen-bond acceptors (Lipinski definition) is 3. The predicted molar refractivity (Wildman–Crippen MR) is 122 cm³/mol. The van der Waals surface area contributed by atoms with Gasteiger partial charge in [0, 0.05) is 40.5 Å². The van der Waals surface area contributed by atoms with Crippen LogP contribution in [0.15, 0.2) is 46.9 Å². The summed E-state index contributed by atoms with van der Waals surface area (Å²) in [5.41, 5.74) is 2.70.